The summed E-state index contributed by atoms with van der Waals surface area (Å²) in [7, 11) is -3.68. The van der Waals surface area contributed by atoms with Crippen LogP contribution in [-0.4, -0.2) is 24.2 Å². The van der Waals surface area contributed by atoms with E-state index in [9.17, 15) is 13.2 Å². The Hall–Kier alpha value is -2.48. The van der Waals surface area contributed by atoms with Crippen LogP contribution in [0.2, 0.25) is 0 Å². The van der Waals surface area contributed by atoms with E-state index in [4.69, 9.17) is 5.73 Å². The zero-order valence-corrected chi connectivity index (χ0v) is 14.2. The lowest BCUT2D eigenvalue weighted by Crippen LogP contribution is -2.15. The van der Waals surface area contributed by atoms with Crippen molar-refractivity contribution in [1.29, 1.82) is 0 Å². The highest BCUT2D eigenvalue weighted by molar-refractivity contribution is 7.92. The van der Waals surface area contributed by atoms with Crippen LogP contribution >= 0.6 is 0 Å². The number of nitrogen functional groups attached to an aromatic ring is 1. The van der Waals surface area contributed by atoms with Gasteiger partial charge in [0.1, 0.15) is 5.78 Å². The van der Waals surface area contributed by atoms with E-state index >= 15 is 0 Å². The van der Waals surface area contributed by atoms with Gasteiger partial charge in [-0.3, -0.25) is 4.79 Å². The SMILES string of the molecule is Cc1ccnc(NS(=O)(=O)c2ccc(N)cc2)n1.O=C1CCCC1. The van der Waals surface area contributed by atoms with Crippen LogP contribution in [0.3, 0.4) is 0 Å². The second-order valence-corrected chi connectivity index (χ2v) is 7.12. The monoisotopic (exact) mass is 348 g/mol. The molecule has 0 bridgehead atoms. The maximum atomic E-state index is 12.0. The largest absolute Gasteiger partial charge is 0.399 e. The van der Waals surface area contributed by atoms with Gasteiger partial charge in [0, 0.05) is 30.4 Å². The maximum absolute atomic E-state index is 12.0. The molecule has 0 spiro atoms. The molecule has 7 nitrogen and oxygen atoms in total. The molecule has 1 fully saturated rings. The van der Waals surface area contributed by atoms with Crippen molar-refractivity contribution in [2.45, 2.75) is 37.5 Å². The minimum Gasteiger partial charge on any atom is -0.399 e. The van der Waals surface area contributed by atoms with Crippen molar-refractivity contribution in [1.82, 2.24) is 9.97 Å². The lowest BCUT2D eigenvalue weighted by molar-refractivity contribution is -0.117. The highest BCUT2D eigenvalue weighted by Gasteiger charge is 2.15. The molecule has 1 heterocycles. The van der Waals surface area contributed by atoms with Crippen LogP contribution in [0.25, 0.3) is 0 Å². The summed E-state index contributed by atoms with van der Waals surface area (Å²) in [6.07, 6.45) is 5.46. The molecule has 0 radical (unpaired) electrons. The highest BCUT2D eigenvalue weighted by Crippen LogP contribution is 2.14. The number of aryl methyl sites for hydroxylation is 1. The first-order valence-electron chi connectivity index (χ1n) is 7.56. The Balaban J connectivity index is 0.000000292. The summed E-state index contributed by atoms with van der Waals surface area (Å²) in [4.78, 5) is 18.2. The summed E-state index contributed by atoms with van der Waals surface area (Å²) in [5, 5.41) is 0. The number of anilines is 2. The lowest BCUT2D eigenvalue weighted by Gasteiger charge is -2.06. The second kappa shape index (κ2) is 7.87. The summed E-state index contributed by atoms with van der Waals surface area (Å²) >= 11 is 0. The minimum atomic E-state index is -3.68. The predicted molar refractivity (Wildman–Crippen MR) is 91.9 cm³/mol. The van der Waals surface area contributed by atoms with Gasteiger partial charge in [0.15, 0.2) is 0 Å². The standard InChI is InChI=1S/C11H12N4O2S.C5H8O/c1-8-6-7-13-11(14-8)15-18(16,17)10-4-2-9(12)3-5-10;6-5-3-1-2-4-5/h2-7H,12H2,1H3,(H,13,14,15);1-4H2. The third-order valence-corrected chi connectivity index (χ3v) is 4.72. The van der Waals surface area contributed by atoms with Gasteiger partial charge in [-0.2, -0.15) is 0 Å². The maximum Gasteiger partial charge on any atom is 0.264 e. The summed E-state index contributed by atoms with van der Waals surface area (Å²) in [6, 6.07) is 7.57. The van der Waals surface area contributed by atoms with Crippen molar-refractivity contribution in [2.75, 3.05) is 10.5 Å². The van der Waals surface area contributed by atoms with Crippen molar-refractivity contribution < 1.29 is 13.2 Å². The Morgan fingerprint density at radius 2 is 1.71 bits per heavy atom. The number of benzene rings is 1. The van der Waals surface area contributed by atoms with E-state index in [0.29, 0.717) is 17.2 Å². The number of ketones is 1. The number of nitrogens with one attached hydrogen (secondary N) is 1. The Labute approximate surface area is 141 Å². The Morgan fingerprint density at radius 3 is 2.21 bits per heavy atom. The van der Waals surface area contributed by atoms with Gasteiger partial charge in [0.2, 0.25) is 5.95 Å². The zero-order chi connectivity index (χ0) is 17.6. The quantitative estimate of drug-likeness (QED) is 0.822. The topological polar surface area (TPSA) is 115 Å². The predicted octanol–water partition coefficient (Wildman–Crippen LogP) is 2.30. The summed E-state index contributed by atoms with van der Waals surface area (Å²) in [5.41, 5.74) is 6.68. The first kappa shape index (κ1) is 17.9. The van der Waals surface area contributed by atoms with Crippen LogP contribution in [0, 0.1) is 6.92 Å². The van der Waals surface area contributed by atoms with Crippen LogP contribution in [0.5, 0.6) is 0 Å². The summed E-state index contributed by atoms with van der Waals surface area (Å²) in [5.74, 6) is 0.502. The van der Waals surface area contributed by atoms with Gasteiger partial charge < -0.3 is 5.73 Å². The molecule has 3 N–H and O–H groups in total. The normalized spacial score (nSPS) is 14.0. The van der Waals surface area contributed by atoms with Gasteiger partial charge in [-0.05, 0) is 50.1 Å². The summed E-state index contributed by atoms with van der Waals surface area (Å²) < 4.78 is 26.3. The van der Waals surface area contributed by atoms with E-state index in [-0.39, 0.29) is 10.8 Å². The molecule has 0 unspecified atom stereocenters. The van der Waals surface area contributed by atoms with Crippen LogP contribution in [0.4, 0.5) is 11.6 Å². The van der Waals surface area contributed by atoms with Crippen LogP contribution in [0.1, 0.15) is 31.4 Å². The molecule has 0 saturated heterocycles. The number of carbonyl (C=O) groups excluding carboxylic acids is 1. The van der Waals surface area contributed by atoms with Crippen molar-refractivity contribution in [3.8, 4) is 0 Å². The fraction of sp³-hybridized carbons (Fsp3) is 0.312. The van der Waals surface area contributed by atoms with Gasteiger partial charge in [-0.25, -0.2) is 23.1 Å². The first-order valence-corrected chi connectivity index (χ1v) is 9.05. The van der Waals surface area contributed by atoms with Gasteiger partial charge in [0.05, 0.1) is 4.90 Å². The van der Waals surface area contributed by atoms with Crippen LogP contribution in [0.15, 0.2) is 41.4 Å². The van der Waals surface area contributed by atoms with E-state index in [2.05, 4.69) is 14.7 Å². The molecule has 1 aliphatic carbocycles. The average Bonchev–Trinajstić information content (AvgIpc) is 2.99. The molecule has 2 aromatic rings. The van der Waals surface area contributed by atoms with Gasteiger partial charge >= 0.3 is 0 Å². The van der Waals surface area contributed by atoms with Crippen molar-refractivity contribution in [2.24, 2.45) is 0 Å². The molecule has 1 aromatic heterocycles. The lowest BCUT2D eigenvalue weighted by atomic mass is 10.3. The average molecular weight is 348 g/mol. The number of carbonyl (C=O) groups is 1. The smallest absolute Gasteiger partial charge is 0.264 e. The van der Waals surface area contributed by atoms with E-state index in [1.54, 1.807) is 13.0 Å². The Morgan fingerprint density at radius 1 is 1.08 bits per heavy atom. The van der Waals surface area contributed by atoms with Gasteiger partial charge in [-0.15, -0.1) is 0 Å². The number of nitrogens with zero attached hydrogens (tertiary/aromatic N) is 2. The third-order valence-electron chi connectivity index (χ3n) is 3.37. The van der Waals surface area contributed by atoms with E-state index in [0.717, 1.165) is 25.7 Å². The number of hydrogen-bond acceptors (Lipinski definition) is 6. The van der Waals surface area contributed by atoms with Gasteiger partial charge in [0.25, 0.3) is 10.0 Å². The molecular weight excluding hydrogens is 328 g/mol. The third kappa shape index (κ3) is 5.31. The molecular formula is C16H20N4O3S. The second-order valence-electron chi connectivity index (χ2n) is 5.44. The van der Waals surface area contributed by atoms with Crippen molar-refractivity contribution in [3.63, 3.8) is 0 Å². The van der Waals surface area contributed by atoms with E-state index < -0.39 is 10.0 Å². The molecule has 1 aliphatic rings. The molecule has 3 rings (SSSR count). The zero-order valence-electron chi connectivity index (χ0n) is 13.4. The molecule has 0 amide bonds. The fourth-order valence-corrected chi connectivity index (χ4v) is 3.04. The molecule has 0 atom stereocenters. The number of nitrogens with two attached hydrogens (primary N) is 1. The molecule has 1 saturated carbocycles. The van der Waals surface area contributed by atoms with Crippen LogP contribution in [-0.2, 0) is 14.8 Å². The Kier molecular flexibility index (Phi) is 5.86. The van der Waals surface area contributed by atoms with Crippen molar-refractivity contribution >= 4 is 27.4 Å². The molecule has 0 aliphatic heterocycles. The molecule has 128 valence electrons. The van der Waals surface area contributed by atoms with Crippen LogP contribution < -0.4 is 10.5 Å². The fourth-order valence-electron chi connectivity index (χ4n) is 2.09. The van der Waals surface area contributed by atoms with Crippen molar-refractivity contribution in [3.05, 3.63) is 42.2 Å². The number of rotatable bonds is 3. The first-order chi connectivity index (χ1) is 11.4. The van der Waals surface area contributed by atoms with E-state index in [1.165, 1.54) is 30.5 Å². The van der Waals surface area contributed by atoms with E-state index in [1.807, 2.05) is 0 Å². The Bertz CT molecular complexity index is 796. The number of Topliss-reactive ketones (excluding diaryl/α,β-unsaturated/α-hetero) is 1. The summed E-state index contributed by atoms with van der Waals surface area (Å²) in [6.45, 7) is 1.75. The number of aromatic nitrogens is 2. The molecule has 8 heteroatoms. The minimum absolute atomic E-state index is 0.0480. The molecule has 1 aromatic carbocycles. The molecule has 24 heavy (non-hydrogen) atoms. The van der Waals surface area contributed by atoms with Gasteiger partial charge in [-0.1, -0.05) is 0 Å². The highest BCUT2D eigenvalue weighted by atomic mass is 32.2. The number of sulfonamides is 1. The number of hydrogen-bond donors (Lipinski definition) is 2.